The van der Waals surface area contributed by atoms with Gasteiger partial charge < -0.3 is 15.4 Å². The second kappa shape index (κ2) is 10.0. The Morgan fingerprint density at radius 3 is 2.40 bits per heavy atom. The molecule has 0 bridgehead atoms. The maximum atomic E-state index is 13.1. The highest BCUT2D eigenvalue weighted by Crippen LogP contribution is 2.38. The summed E-state index contributed by atoms with van der Waals surface area (Å²) in [5, 5.41) is 5.63. The minimum absolute atomic E-state index is 0.112. The van der Waals surface area contributed by atoms with Crippen LogP contribution in [0.25, 0.3) is 0 Å². The van der Waals surface area contributed by atoms with Crippen molar-refractivity contribution < 1.29 is 32.3 Å². The Kier molecular flexibility index (Phi) is 7.22. The van der Waals surface area contributed by atoms with Gasteiger partial charge in [-0.05, 0) is 43.0 Å². The van der Waals surface area contributed by atoms with E-state index in [0.29, 0.717) is 38.3 Å². The number of imide groups is 1. The van der Waals surface area contributed by atoms with E-state index in [2.05, 4.69) is 15.4 Å². The van der Waals surface area contributed by atoms with Crippen LogP contribution in [0.5, 0.6) is 5.75 Å². The van der Waals surface area contributed by atoms with E-state index < -0.39 is 11.9 Å². The molecule has 1 aromatic rings. The lowest BCUT2D eigenvalue weighted by atomic mass is 9.73. The molecule has 2 unspecified atom stereocenters. The molecule has 35 heavy (non-hydrogen) atoms. The maximum absolute atomic E-state index is 13.1. The van der Waals surface area contributed by atoms with Gasteiger partial charge in [-0.3, -0.25) is 19.4 Å². The summed E-state index contributed by atoms with van der Waals surface area (Å²) in [5.41, 5.74) is -0.403. The Morgan fingerprint density at radius 1 is 1.11 bits per heavy atom. The number of piperazine rings is 1. The van der Waals surface area contributed by atoms with Crippen molar-refractivity contribution in [1.82, 2.24) is 20.0 Å². The monoisotopic (exact) mass is 497 g/mol. The second-order valence-corrected chi connectivity index (χ2v) is 9.44. The average molecular weight is 498 g/mol. The van der Waals surface area contributed by atoms with Gasteiger partial charge in [-0.15, -0.1) is 13.2 Å². The summed E-state index contributed by atoms with van der Waals surface area (Å²) in [6.07, 6.45) is -1.17. The lowest BCUT2D eigenvalue weighted by molar-refractivity contribution is -0.274. The number of urea groups is 1. The Balaban J connectivity index is 1.22. The lowest BCUT2D eigenvalue weighted by Gasteiger charge is -2.38. The molecule has 2 atom stereocenters. The fourth-order valence-electron chi connectivity index (χ4n) is 5.06. The number of carbonyl (C=O) groups excluding carboxylic acids is 3. The summed E-state index contributed by atoms with van der Waals surface area (Å²) >= 11 is 0. The van der Waals surface area contributed by atoms with E-state index >= 15 is 0 Å². The molecular formula is C23H30F3N5O4. The first-order chi connectivity index (χ1) is 16.6. The molecule has 2 aliphatic heterocycles. The van der Waals surface area contributed by atoms with Gasteiger partial charge in [0.15, 0.2) is 0 Å². The number of hydrogen-bond donors (Lipinski definition) is 2. The number of anilines is 1. The van der Waals surface area contributed by atoms with Gasteiger partial charge in [-0.1, -0.05) is 19.8 Å². The Labute approximate surface area is 201 Å². The first-order valence-electron chi connectivity index (χ1n) is 11.8. The number of nitrogens with zero attached hydrogens (tertiary/aromatic N) is 3. The van der Waals surface area contributed by atoms with E-state index in [1.165, 1.54) is 17.0 Å². The van der Waals surface area contributed by atoms with Gasteiger partial charge in [-0.25, -0.2) is 9.69 Å². The highest BCUT2D eigenvalue weighted by molar-refractivity contribution is 6.07. The number of alkyl halides is 3. The fraction of sp³-hybridized carbons (Fsp3) is 0.609. The van der Waals surface area contributed by atoms with Gasteiger partial charge in [0, 0.05) is 31.9 Å². The van der Waals surface area contributed by atoms with Crippen molar-refractivity contribution in [3.63, 3.8) is 0 Å². The van der Waals surface area contributed by atoms with Crippen LogP contribution in [0.4, 0.5) is 23.7 Å². The minimum Gasteiger partial charge on any atom is -0.406 e. The van der Waals surface area contributed by atoms with Gasteiger partial charge in [-0.2, -0.15) is 0 Å². The molecule has 4 rings (SSSR count). The number of ether oxygens (including phenoxy) is 1. The minimum atomic E-state index is -4.77. The van der Waals surface area contributed by atoms with E-state index in [9.17, 15) is 27.6 Å². The topological polar surface area (TPSA) is 94.2 Å². The van der Waals surface area contributed by atoms with Crippen molar-refractivity contribution in [2.24, 2.45) is 5.92 Å². The third kappa shape index (κ3) is 5.87. The quantitative estimate of drug-likeness (QED) is 0.587. The maximum Gasteiger partial charge on any atom is 0.573 e. The van der Waals surface area contributed by atoms with E-state index in [0.717, 1.165) is 31.4 Å². The van der Waals surface area contributed by atoms with Gasteiger partial charge >= 0.3 is 12.4 Å². The number of halogens is 3. The van der Waals surface area contributed by atoms with E-state index in [1.807, 2.05) is 16.7 Å². The van der Waals surface area contributed by atoms with Crippen LogP contribution in [0.15, 0.2) is 24.3 Å². The molecule has 1 saturated carbocycles. The molecule has 2 N–H and O–H groups in total. The lowest BCUT2D eigenvalue weighted by Crippen LogP contribution is -2.55. The number of rotatable bonds is 6. The van der Waals surface area contributed by atoms with E-state index in [4.69, 9.17) is 0 Å². The summed E-state index contributed by atoms with van der Waals surface area (Å²) in [6, 6.07) is 4.62. The number of benzene rings is 1. The highest BCUT2D eigenvalue weighted by Gasteiger charge is 2.55. The average Bonchev–Trinajstić information content (AvgIpc) is 3.02. The molecule has 1 aromatic carbocycles. The molecule has 0 radical (unpaired) electrons. The fourth-order valence-corrected chi connectivity index (χ4v) is 5.06. The predicted molar refractivity (Wildman–Crippen MR) is 120 cm³/mol. The molecule has 192 valence electrons. The molecule has 3 fully saturated rings. The van der Waals surface area contributed by atoms with Crippen LogP contribution in [0, 0.1) is 5.92 Å². The first kappa shape index (κ1) is 25.2. The van der Waals surface area contributed by atoms with Gasteiger partial charge in [0.2, 0.25) is 5.91 Å². The van der Waals surface area contributed by atoms with Crippen LogP contribution in [0.1, 0.15) is 32.6 Å². The molecule has 1 aliphatic carbocycles. The molecule has 4 amide bonds. The Hall–Kier alpha value is -2.86. The molecule has 2 heterocycles. The molecule has 0 aromatic heterocycles. The second-order valence-electron chi connectivity index (χ2n) is 9.44. The number of hydrogen-bond acceptors (Lipinski definition) is 6. The van der Waals surface area contributed by atoms with Crippen LogP contribution < -0.4 is 15.4 Å². The van der Waals surface area contributed by atoms with Crippen LogP contribution in [-0.2, 0) is 9.59 Å². The SMILES string of the molecule is CC1CCCCC12NC(=O)N(CN1CCN(CC(=O)Nc3ccc(OC(F)(F)F)cc3)CC1)C2=O. The third-order valence-corrected chi connectivity index (χ3v) is 7.05. The zero-order chi connectivity index (χ0) is 25.2. The van der Waals surface area contributed by atoms with Crippen molar-refractivity contribution in [2.45, 2.75) is 44.5 Å². The summed E-state index contributed by atoms with van der Waals surface area (Å²) < 4.78 is 40.6. The van der Waals surface area contributed by atoms with Gasteiger partial charge in [0.05, 0.1) is 13.2 Å². The molecule has 1 spiro atoms. The van der Waals surface area contributed by atoms with Crippen LogP contribution in [0.2, 0.25) is 0 Å². The smallest absolute Gasteiger partial charge is 0.406 e. The summed E-state index contributed by atoms with van der Waals surface area (Å²) in [7, 11) is 0. The summed E-state index contributed by atoms with van der Waals surface area (Å²) in [6.45, 7) is 4.72. The van der Waals surface area contributed by atoms with Crippen LogP contribution in [0.3, 0.4) is 0 Å². The van der Waals surface area contributed by atoms with Crippen LogP contribution in [-0.4, -0.2) is 83.8 Å². The molecule has 2 saturated heterocycles. The van der Waals surface area contributed by atoms with Crippen molar-refractivity contribution in [2.75, 3.05) is 44.7 Å². The van der Waals surface area contributed by atoms with Gasteiger partial charge in [0.1, 0.15) is 11.3 Å². The Bertz CT molecular complexity index is 949. The molecule has 9 nitrogen and oxygen atoms in total. The van der Waals surface area contributed by atoms with Crippen LogP contribution >= 0.6 is 0 Å². The normalized spacial score (nSPS) is 26.2. The van der Waals surface area contributed by atoms with E-state index in [-0.39, 0.29) is 42.7 Å². The Morgan fingerprint density at radius 2 is 1.77 bits per heavy atom. The van der Waals surface area contributed by atoms with Crippen molar-refractivity contribution in [3.05, 3.63) is 24.3 Å². The van der Waals surface area contributed by atoms with Crippen molar-refractivity contribution in [3.8, 4) is 5.75 Å². The highest BCUT2D eigenvalue weighted by atomic mass is 19.4. The molecule has 12 heteroatoms. The van der Waals surface area contributed by atoms with Gasteiger partial charge in [0.25, 0.3) is 5.91 Å². The number of carbonyl (C=O) groups is 3. The zero-order valence-electron chi connectivity index (χ0n) is 19.6. The van der Waals surface area contributed by atoms with Crippen molar-refractivity contribution in [1.29, 1.82) is 0 Å². The predicted octanol–water partition coefficient (Wildman–Crippen LogP) is 2.60. The standard InChI is InChI=1S/C23H30F3N5O4/c1-16-4-2-3-9-22(16)20(33)31(21(34)28-22)15-30-12-10-29(11-13-30)14-19(32)27-17-5-7-18(8-6-17)35-23(24,25)26/h5-8,16H,2-4,9-15H2,1H3,(H,27,32)(H,28,34). The van der Waals surface area contributed by atoms with Crippen molar-refractivity contribution >= 4 is 23.5 Å². The summed E-state index contributed by atoms with van der Waals surface area (Å²) in [4.78, 5) is 43.4. The van der Waals surface area contributed by atoms with E-state index in [1.54, 1.807) is 0 Å². The summed E-state index contributed by atoms with van der Waals surface area (Å²) in [5.74, 6) is -0.671. The largest absolute Gasteiger partial charge is 0.573 e. The zero-order valence-corrected chi connectivity index (χ0v) is 19.6. The first-order valence-corrected chi connectivity index (χ1v) is 11.8. The third-order valence-electron chi connectivity index (χ3n) is 7.05. The number of amides is 4. The molecular weight excluding hydrogens is 467 g/mol. The number of nitrogens with one attached hydrogen (secondary N) is 2. The molecule has 3 aliphatic rings.